The lowest BCUT2D eigenvalue weighted by Gasteiger charge is -2.13. The van der Waals surface area contributed by atoms with Gasteiger partial charge in [0.2, 0.25) is 5.88 Å². The van der Waals surface area contributed by atoms with Crippen LogP contribution in [-0.4, -0.2) is 41.0 Å². The molecule has 3 rings (SSSR count). The Morgan fingerprint density at radius 2 is 2.31 bits per heavy atom. The van der Waals surface area contributed by atoms with Gasteiger partial charge in [0.15, 0.2) is 6.23 Å². The maximum Gasteiger partial charge on any atom is 0.329 e. The van der Waals surface area contributed by atoms with Crippen LogP contribution < -0.4 is 4.90 Å². The number of β-amino-alcohol motifs (C(OH)–C–C–N with tert-alkyl or cyclic N) is 1. The molecule has 1 aliphatic carbocycles. The van der Waals surface area contributed by atoms with Crippen molar-refractivity contribution >= 4 is 11.9 Å². The van der Waals surface area contributed by atoms with Gasteiger partial charge in [-0.25, -0.2) is 9.69 Å². The van der Waals surface area contributed by atoms with E-state index in [1.54, 1.807) is 13.1 Å². The van der Waals surface area contributed by atoms with Crippen LogP contribution in [0.15, 0.2) is 10.6 Å². The number of rotatable bonds is 2. The highest BCUT2D eigenvalue weighted by molar-refractivity contribution is 5.93. The molecule has 6 nitrogen and oxygen atoms in total. The fraction of sp³-hybridized carbons (Fsp3) is 0.600. The summed E-state index contributed by atoms with van der Waals surface area (Å²) in [5, 5.41) is 13.6. The van der Waals surface area contributed by atoms with Gasteiger partial charge in [0.05, 0.1) is 12.2 Å². The van der Waals surface area contributed by atoms with Crippen LogP contribution in [0.5, 0.6) is 0 Å². The van der Waals surface area contributed by atoms with E-state index in [-0.39, 0.29) is 12.6 Å². The lowest BCUT2D eigenvalue weighted by molar-refractivity contribution is 0.179. The molecule has 0 aromatic carbocycles. The van der Waals surface area contributed by atoms with Crippen molar-refractivity contribution in [3.05, 3.63) is 11.8 Å². The summed E-state index contributed by atoms with van der Waals surface area (Å²) in [5.74, 6) is 0.814. The van der Waals surface area contributed by atoms with E-state index in [1.165, 1.54) is 9.80 Å². The SMILES string of the molecule is CN1CC(O)N(c2cc(C3CC3)no2)C1=O. The van der Waals surface area contributed by atoms with Crippen LogP contribution in [0.2, 0.25) is 0 Å². The minimum atomic E-state index is -0.850. The molecule has 1 N–H and O–H groups in total. The zero-order valence-corrected chi connectivity index (χ0v) is 8.96. The van der Waals surface area contributed by atoms with Crippen molar-refractivity contribution in [2.45, 2.75) is 25.0 Å². The molecule has 2 fully saturated rings. The Morgan fingerprint density at radius 1 is 1.56 bits per heavy atom. The second kappa shape index (κ2) is 3.21. The van der Waals surface area contributed by atoms with E-state index in [0.717, 1.165) is 18.5 Å². The van der Waals surface area contributed by atoms with Gasteiger partial charge in [0.25, 0.3) is 0 Å². The molecule has 0 spiro atoms. The predicted octanol–water partition coefficient (Wildman–Crippen LogP) is 0.742. The largest absolute Gasteiger partial charge is 0.371 e. The minimum Gasteiger partial charge on any atom is -0.371 e. The Hall–Kier alpha value is -1.56. The van der Waals surface area contributed by atoms with Gasteiger partial charge in [-0.15, -0.1) is 0 Å². The molecule has 2 heterocycles. The first-order chi connectivity index (χ1) is 7.66. The highest BCUT2D eigenvalue weighted by Gasteiger charge is 2.38. The summed E-state index contributed by atoms with van der Waals surface area (Å²) in [4.78, 5) is 14.4. The van der Waals surface area contributed by atoms with Crippen molar-refractivity contribution in [3.63, 3.8) is 0 Å². The summed E-state index contributed by atoms with van der Waals surface area (Å²) >= 11 is 0. The second-order valence-electron chi connectivity index (χ2n) is 4.38. The Bertz CT molecular complexity index is 427. The van der Waals surface area contributed by atoms with E-state index in [1.807, 2.05) is 0 Å². The molecular formula is C10H13N3O3. The van der Waals surface area contributed by atoms with Crippen LogP contribution in [0.4, 0.5) is 10.7 Å². The van der Waals surface area contributed by atoms with Gasteiger partial charge in [-0.05, 0) is 12.8 Å². The lowest BCUT2D eigenvalue weighted by Crippen LogP contribution is -2.33. The van der Waals surface area contributed by atoms with Crippen molar-refractivity contribution in [2.24, 2.45) is 0 Å². The molecule has 0 bridgehead atoms. The molecule has 1 saturated carbocycles. The van der Waals surface area contributed by atoms with Gasteiger partial charge >= 0.3 is 6.03 Å². The molecule has 1 unspecified atom stereocenters. The molecule has 0 radical (unpaired) electrons. The number of nitrogens with zero attached hydrogens (tertiary/aromatic N) is 3. The lowest BCUT2D eigenvalue weighted by atomic mass is 10.3. The molecule has 16 heavy (non-hydrogen) atoms. The van der Waals surface area contributed by atoms with Crippen LogP contribution in [0.1, 0.15) is 24.5 Å². The fourth-order valence-corrected chi connectivity index (χ4v) is 1.92. The third kappa shape index (κ3) is 1.37. The summed E-state index contributed by atoms with van der Waals surface area (Å²) in [6.45, 7) is 0.290. The molecule has 6 heteroatoms. The van der Waals surface area contributed by atoms with E-state index in [0.29, 0.717) is 11.8 Å². The number of aliphatic hydroxyl groups is 1. The number of hydrogen-bond acceptors (Lipinski definition) is 4. The molecule has 2 amide bonds. The van der Waals surface area contributed by atoms with Gasteiger partial charge in [0, 0.05) is 19.0 Å². The number of amides is 2. The smallest absolute Gasteiger partial charge is 0.329 e. The number of carbonyl (C=O) groups is 1. The van der Waals surface area contributed by atoms with Crippen molar-refractivity contribution in [1.82, 2.24) is 10.1 Å². The Kier molecular flexibility index (Phi) is 1.94. The van der Waals surface area contributed by atoms with Crippen molar-refractivity contribution in [1.29, 1.82) is 0 Å². The fourth-order valence-electron chi connectivity index (χ4n) is 1.92. The molecule has 1 saturated heterocycles. The first-order valence-corrected chi connectivity index (χ1v) is 5.36. The van der Waals surface area contributed by atoms with E-state index in [4.69, 9.17) is 4.52 Å². The van der Waals surface area contributed by atoms with Crippen LogP contribution in [-0.2, 0) is 0 Å². The number of likely N-dealkylation sites (N-methyl/N-ethyl adjacent to an activating group) is 1. The summed E-state index contributed by atoms with van der Waals surface area (Å²) in [7, 11) is 1.64. The molecule has 1 aromatic rings. The number of anilines is 1. The van der Waals surface area contributed by atoms with E-state index >= 15 is 0 Å². The number of aromatic nitrogens is 1. The highest BCUT2D eigenvalue weighted by Crippen LogP contribution is 2.40. The van der Waals surface area contributed by atoms with Crippen LogP contribution in [0.25, 0.3) is 0 Å². The Labute approximate surface area is 92.4 Å². The minimum absolute atomic E-state index is 0.258. The van der Waals surface area contributed by atoms with E-state index in [9.17, 15) is 9.90 Å². The molecule has 1 aromatic heterocycles. The zero-order chi connectivity index (χ0) is 11.3. The van der Waals surface area contributed by atoms with Gasteiger partial charge in [-0.1, -0.05) is 5.16 Å². The zero-order valence-electron chi connectivity index (χ0n) is 8.96. The Morgan fingerprint density at radius 3 is 2.88 bits per heavy atom. The van der Waals surface area contributed by atoms with Crippen molar-refractivity contribution in [2.75, 3.05) is 18.5 Å². The van der Waals surface area contributed by atoms with Gasteiger partial charge in [-0.3, -0.25) is 0 Å². The van der Waals surface area contributed by atoms with E-state index < -0.39 is 6.23 Å². The first-order valence-electron chi connectivity index (χ1n) is 5.36. The maximum atomic E-state index is 11.7. The second-order valence-corrected chi connectivity index (χ2v) is 4.38. The summed E-state index contributed by atoms with van der Waals surface area (Å²) in [6, 6.07) is 1.49. The normalized spacial score (nSPS) is 25.6. The number of urea groups is 1. The summed E-state index contributed by atoms with van der Waals surface area (Å²) in [5.41, 5.74) is 0.879. The van der Waals surface area contributed by atoms with E-state index in [2.05, 4.69) is 5.16 Å². The molecule has 86 valence electrons. The predicted molar refractivity (Wildman–Crippen MR) is 55.0 cm³/mol. The first kappa shape index (κ1) is 9.65. The van der Waals surface area contributed by atoms with Gasteiger partial charge in [-0.2, -0.15) is 0 Å². The quantitative estimate of drug-likeness (QED) is 0.802. The monoisotopic (exact) mass is 223 g/mol. The third-order valence-electron chi connectivity index (χ3n) is 3.02. The van der Waals surface area contributed by atoms with Crippen LogP contribution in [0.3, 0.4) is 0 Å². The van der Waals surface area contributed by atoms with Gasteiger partial charge in [0.1, 0.15) is 0 Å². The average molecular weight is 223 g/mol. The number of aliphatic hydroxyl groups excluding tert-OH is 1. The summed E-state index contributed by atoms with van der Waals surface area (Å²) in [6.07, 6.45) is 1.41. The highest BCUT2D eigenvalue weighted by atomic mass is 16.5. The molecule has 1 aliphatic heterocycles. The van der Waals surface area contributed by atoms with Crippen molar-refractivity contribution < 1.29 is 14.4 Å². The summed E-state index contributed by atoms with van der Waals surface area (Å²) < 4.78 is 5.11. The molecule has 1 atom stereocenters. The number of carbonyl (C=O) groups excluding carboxylic acids is 1. The third-order valence-corrected chi connectivity index (χ3v) is 3.02. The average Bonchev–Trinajstić information content (AvgIpc) is 2.93. The van der Waals surface area contributed by atoms with Crippen LogP contribution >= 0.6 is 0 Å². The molecule has 2 aliphatic rings. The Balaban J connectivity index is 1.87. The standard InChI is InChI=1S/C10H13N3O3/c1-12-5-8(14)13(10(12)15)9-4-7(11-16-9)6-2-3-6/h4,6,8,14H,2-3,5H2,1H3. The topological polar surface area (TPSA) is 69.8 Å². The number of hydrogen-bond donors (Lipinski definition) is 1. The van der Waals surface area contributed by atoms with Crippen LogP contribution in [0, 0.1) is 0 Å². The van der Waals surface area contributed by atoms with Gasteiger partial charge < -0.3 is 14.5 Å². The maximum absolute atomic E-state index is 11.7. The van der Waals surface area contributed by atoms with Crippen molar-refractivity contribution in [3.8, 4) is 0 Å². The molecular weight excluding hydrogens is 210 g/mol.